The Morgan fingerprint density at radius 1 is 1.09 bits per heavy atom. The van der Waals surface area contributed by atoms with Crippen LogP contribution in [-0.2, 0) is 11.2 Å². The number of ether oxygens (including phenoxy) is 4. The predicted molar refractivity (Wildman–Crippen MR) is 128 cm³/mol. The van der Waals surface area contributed by atoms with E-state index in [0.717, 1.165) is 0 Å². The number of carbonyl (C=O) groups excluding carboxylic acids is 1. The third-order valence-corrected chi connectivity index (χ3v) is 5.71. The van der Waals surface area contributed by atoms with Crippen molar-refractivity contribution in [1.29, 1.82) is 0 Å². The zero-order chi connectivity index (χ0) is 24.7. The number of methoxy groups -OCH3 is 3. The highest BCUT2D eigenvalue weighted by atomic mass is 32.2. The van der Waals surface area contributed by atoms with E-state index in [4.69, 9.17) is 18.9 Å². The molecule has 1 atom stereocenters. The lowest BCUT2D eigenvalue weighted by atomic mass is 9.99. The highest BCUT2D eigenvalue weighted by Gasteiger charge is 2.25. The molecule has 0 aliphatic heterocycles. The van der Waals surface area contributed by atoms with E-state index < -0.39 is 17.1 Å². The molecule has 1 heterocycles. The monoisotopic (exact) mass is 485 g/mol. The summed E-state index contributed by atoms with van der Waals surface area (Å²) in [6.45, 7) is 2.37. The van der Waals surface area contributed by atoms with Gasteiger partial charge in [0.05, 0.1) is 39.1 Å². The summed E-state index contributed by atoms with van der Waals surface area (Å²) >= 11 is -1.45. The van der Waals surface area contributed by atoms with Crippen LogP contribution >= 0.6 is 0 Å². The maximum Gasteiger partial charge on any atom is 0.342 e. The molecular formula is C24H27N3O6S. The van der Waals surface area contributed by atoms with E-state index in [9.17, 15) is 9.35 Å². The predicted octanol–water partition coefficient (Wildman–Crippen LogP) is 3.02. The molecule has 0 fully saturated rings. The van der Waals surface area contributed by atoms with E-state index in [-0.39, 0.29) is 23.9 Å². The molecule has 0 aliphatic carbocycles. The van der Waals surface area contributed by atoms with Crippen molar-refractivity contribution in [2.75, 3.05) is 40.7 Å². The van der Waals surface area contributed by atoms with E-state index in [1.54, 1.807) is 6.07 Å². The zero-order valence-corrected chi connectivity index (χ0v) is 20.5. The molecule has 34 heavy (non-hydrogen) atoms. The third kappa shape index (κ3) is 5.52. The van der Waals surface area contributed by atoms with Gasteiger partial charge in [0.25, 0.3) is 5.91 Å². The third-order valence-electron chi connectivity index (χ3n) is 5.00. The first-order valence-corrected chi connectivity index (χ1v) is 11.9. The van der Waals surface area contributed by atoms with Gasteiger partial charge in [-0.2, -0.15) is 9.97 Å². The summed E-state index contributed by atoms with van der Waals surface area (Å²) in [5.41, 5.74) is 1.76. The normalized spacial score (nSPS) is 11.5. The molecular weight excluding hydrogens is 458 g/mol. The Hall–Kier alpha value is -3.50. The summed E-state index contributed by atoms with van der Waals surface area (Å²) in [4.78, 5) is 21.6. The number of hydrogen-bond donors (Lipinski definition) is 1. The van der Waals surface area contributed by atoms with Gasteiger partial charge < -0.3 is 28.8 Å². The van der Waals surface area contributed by atoms with Crippen LogP contribution in [0.1, 0.15) is 15.9 Å². The Morgan fingerprint density at radius 3 is 2.41 bits per heavy atom. The van der Waals surface area contributed by atoms with Crippen LogP contribution in [0, 0.1) is 6.92 Å². The lowest BCUT2D eigenvalue weighted by Gasteiger charge is -2.19. The summed E-state index contributed by atoms with van der Waals surface area (Å²) in [6, 6.07) is 11.0. The van der Waals surface area contributed by atoms with Crippen LogP contribution in [0.3, 0.4) is 0 Å². The molecule has 0 saturated carbocycles. The highest BCUT2D eigenvalue weighted by molar-refractivity contribution is 7.90. The van der Waals surface area contributed by atoms with Crippen molar-refractivity contribution in [2.45, 2.75) is 12.1 Å². The average Bonchev–Trinajstić information content (AvgIpc) is 2.86. The molecule has 10 heteroatoms. The van der Waals surface area contributed by atoms with Gasteiger partial charge in [-0.3, -0.25) is 4.79 Å². The standard InChI is InChI=1S/C24H27N3O6S/c1-15-17(13-19(30-2)22(32-4)21(15)31-3)20-18(14-26-24(27-20)34(5)29)23(28)25-11-12-33-16-9-7-6-8-10-16/h6-10,13-14H,11-12H2,1-5H3,(H,25,28). The highest BCUT2D eigenvalue weighted by Crippen LogP contribution is 2.45. The molecule has 180 valence electrons. The molecule has 0 saturated heterocycles. The Labute approximate surface area is 201 Å². The molecule has 0 spiro atoms. The summed E-state index contributed by atoms with van der Waals surface area (Å²) in [5, 5.41) is 2.92. The molecule has 0 aliphatic rings. The number of hydrogen-bond acceptors (Lipinski definition) is 8. The molecule has 3 rings (SSSR count). The van der Waals surface area contributed by atoms with Gasteiger partial charge in [-0.25, -0.2) is 0 Å². The number of aromatic nitrogens is 2. The Bertz CT molecular complexity index is 1140. The van der Waals surface area contributed by atoms with Gasteiger partial charge in [-0.05, 0) is 25.1 Å². The van der Waals surface area contributed by atoms with Crippen molar-refractivity contribution in [3.8, 4) is 34.3 Å². The first-order chi connectivity index (χ1) is 16.4. The minimum atomic E-state index is -1.45. The maximum atomic E-state index is 13.1. The topological polar surface area (TPSA) is 115 Å². The second kappa shape index (κ2) is 11.6. The van der Waals surface area contributed by atoms with Crippen LogP contribution in [0.2, 0.25) is 0 Å². The van der Waals surface area contributed by atoms with Crippen molar-refractivity contribution in [1.82, 2.24) is 15.3 Å². The fourth-order valence-electron chi connectivity index (χ4n) is 3.37. The molecule has 1 aromatic heterocycles. The molecule has 1 N–H and O–H groups in total. The summed E-state index contributed by atoms with van der Waals surface area (Å²) in [7, 11) is 4.53. The number of carbonyl (C=O) groups is 1. The van der Waals surface area contributed by atoms with Crippen LogP contribution in [-0.4, -0.2) is 61.2 Å². The minimum absolute atomic E-state index is 0.104. The van der Waals surface area contributed by atoms with Crippen LogP contribution in [0.25, 0.3) is 11.3 Å². The SMILES string of the molecule is COc1cc(-c2nc([S+](C)[O-])ncc2C(=O)NCCOc2ccccc2)c(C)c(OC)c1OC. The van der Waals surface area contributed by atoms with Gasteiger partial charge in [0.2, 0.25) is 5.75 Å². The van der Waals surface area contributed by atoms with Gasteiger partial charge in [-0.15, -0.1) is 0 Å². The van der Waals surface area contributed by atoms with Crippen LogP contribution < -0.4 is 24.3 Å². The average molecular weight is 486 g/mol. The molecule has 1 unspecified atom stereocenters. The Balaban J connectivity index is 1.95. The van der Waals surface area contributed by atoms with Crippen LogP contribution in [0.5, 0.6) is 23.0 Å². The Morgan fingerprint density at radius 2 is 1.79 bits per heavy atom. The van der Waals surface area contributed by atoms with Crippen molar-refractivity contribution in [3.63, 3.8) is 0 Å². The number of rotatable bonds is 10. The van der Waals surface area contributed by atoms with Crippen LogP contribution in [0.15, 0.2) is 47.8 Å². The lowest BCUT2D eigenvalue weighted by Crippen LogP contribution is -2.29. The van der Waals surface area contributed by atoms with Crippen molar-refractivity contribution >= 4 is 17.1 Å². The van der Waals surface area contributed by atoms with E-state index in [1.165, 1.54) is 33.8 Å². The van der Waals surface area contributed by atoms with Gasteiger partial charge in [-0.1, -0.05) is 18.2 Å². The number of para-hydroxylation sites is 1. The second-order valence-electron chi connectivity index (χ2n) is 7.10. The smallest absolute Gasteiger partial charge is 0.342 e. The summed E-state index contributed by atoms with van der Waals surface area (Å²) in [6.07, 6.45) is 2.84. The van der Waals surface area contributed by atoms with Crippen molar-refractivity contribution in [2.24, 2.45) is 0 Å². The number of benzene rings is 2. The maximum absolute atomic E-state index is 13.1. The molecule has 1 amide bonds. The first-order valence-electron chi connectivity index (χ1n) is 10.4. The zero-order valence-electron chi connectivity index (χ0n) is 19.7. The van der Waals surface area contributed by atoms with E-state index in [0.29, 0.717) is 39.8 Å². The van der Waals surface area contributed by atoms with Crippen molar-refractivity contribution < 1.29 is 28.3 Å². The first kappa shape index (κ1) is 25.1. The number of nitrogens with zero attached hydrogens (tertiary/aromatic N) is 2. The fourth-order valence-corrected chi connectivity index (χ4v) is 3.79. The van der Waals surface area contributed by atoms with E-state index in [2.05, 4.69) is 15.3 Å². The second-order valence-corrected chi connectivity index (χ2v) is 8.38. The lowest BCUT2D eigenvalue weighted by molar-refractivity contribution is 0.0946. The molecule has 3 aromatic rings. The molecule has 0 radical (unpaired) electrons. The molecule has 0 bridgehead atoms. The fraction of sp³-hybridized carbons (Fsp3) is 0.292. The number of nitrogens with one attached hydrogen (secondary N) is 1. The molecule has 9 nitrogen and oxygen atoms in total. The molecule has 2 aromatic carbocycles. The van der Waals surface area contributed by atoms with E-state index in [1.807, 2.05) is 37.3 Å². The largest absolute Gasteiger partial charge is 0.609 e. The van der Waals surface area contributed by atoms with Gasteiger partial charge in [0, 0.05) is 28.5 Å². The quantitative estimate of drug-likeness (QED) is 0.265. The van der Waals surface area contributed by atoms with Gasteiger partial charge in [0.15, 0.2) is 11.5 Å². The summed E-state index contributed by atoms with van der Waals surface area (Å²) in [5.74, 6) is 1.58. The van der Waals surface area contributed by atoms with Gasteiger partial charge in [0.1, 0.15) is 18.6 Å². The summed E-state index contributed by atoms with van der Waals surface area (Å²) < 4.78 is 34.2. The van der Waals surface area contributed by atoms with Gasteiger partial charge >= 0.3 is 5.16 Å². The Kier molecular flexibility index (Phi) is 8.55. The number of amides is 1. The van der Waals surface area contributed by atoms with Crippen LogP contribution in [0.4, 0.5) is 0 Å². The van der Waals surface area contributed by atoms with E-state index >= 15 is 0 Å². The minimum Gasteiger partial charge on any atom is -0.609 e. The van der Waals surface area contributed by atoms with Crippen molar-refractivity contribution in [3.05, 3.63) is 53.7 Å².